The average Bonchev–Trinajstić information content (AvgIpc) is 2.72. The van der Waals surface area contributed by atoms with Crippen LogP contribution in [0.2, 0.25) is 0 Å². The third-order valence-electron chi connectivity index (χ3n) is 4.99. The fraction of sp³-hybridized carbons (Fsp3) is 0.304. The molecule has 0 aliphatic carbocycles. The van der Waals surface area contributed by atoms with Gasteiger partial charge in [0.2, 0.25) is 0 Å². The van der Waals surface area contributed by atoms with Gasteiger partial charge in [-0.2, -0.15) is 0 Å². The molecule has 2 unspecified atom stereocenters. The molecule has 1 aliphatic rings. The highest BCUT2D eigenvalue weighted by Gasteiger charge is 2.24. The van der Waals surface area contributed by atoms with E-state index >= 15 is 0 Å². The molecule has 4 rings (SSSR count). The second kappa shape index (κ2) is 7.90. The predicted octanol–water partition coefficient (Wildman–Crippen LogP) is 5.02. The lowest BCUT2D eigenvalue weighted by atomic mass is 9.98. The van der Waals surface area contributed by atoms with Gasteiger partial charge >= 0.3 is 0 Å². The number of hydrogen-bond acceptors (Lipinski definition) is 3. The van der Waals surface area contributed by atoms with Gasteiger partial charge in [-0.05, 0) is 59.4 Å². The molecular weight excluding hydrogens is 324 g/mol. The van der Waals surface area contributed by atoms with Gasteiger partial charge in [0.15, 0.2) is 0 Å². The molecule has 1 heterocycles. The first kappa shape index (κ1) is 17.1. The maximum absolute atomic E-state index is 10.6. The van der Waals surface area contributed by atoms with Gasteiger partial charge in [-0.15, -0.1) is 0 Å². The summed E-state index contributed by atoms with van der Waals surface area (Å²) in [7, 11) is 0. The van der Waals surface area contributed by atoms with Gasteiger partial charge in [-0.3, -0.25) is 0 Å². The molecule has 3 aromatic rings. The molecule has 3 nitrogen and oxygen atoms in total. The topological polar surface area (TPSA) is 38.7 Å². The second-order valence-electron chi connectivity index (χ2n) is 6.89. The van der Waals surface area contributed by atoms with Crippen LogP contribution in [0.3, 0.4) is 0 Å². The highest BCUT2D eigenvalue weighted by molar-refractivity contribution is 5.82. The van der Waals surface area contributed by atoms with Crippen LogP contribution in [0.4, 0.5) is 0 Å². The first-order valence-electron chi connectivity index (χ1n) is 9.30. The van der Waals surface area contributed by atoms with Crippen molar-refractivity contribution in [1.82, 2.24) is 0 Å². The molecule has 1 fully saturated rings. The van der Waals surface area contributed by atoms with Gasteiger partial charge in [0, 0.05) is 6.61 Å². The number of benzene rings is 3. The number of ether oxygens (including phenoxy) is 2. The van der Waals surface area contributed by atoms with Crippen molar-refractivity contribution < 1.29 is 14.6 Å². The molecule has 0 amide bonds. The zero-order chi connectivity index (χ0) is 17.8. The molecule has 3 aromatic carbocycles. The molecule has 0 aromatic heterocycles. The summed E-state index contributed by atoms with van der Waals surface area (Å²) in [6.07, 6.45) is 2.39. The maximum Gasteiger partial charge on any atom is 0.120 e. The summed E-state index contributed by atoms with van der Waals surface area (Å²) >= 11 is 0. The molecule has 26 heavy (non-hydrogen) atoms. The minimum Gasteiger partial charge on any atom is -0.489 e. The molecule has 2 atom stereocenters. The van der Waals surface area contributed by atoms with Crippen LogP contribution in [0.1, 0.15) is 36.5 Å². The predicted molar refractivity (Wildman–Crippen MR) is 103 cm³/mol. The Hall–Kier alpha value is -2.36. The van der Waals surface area contributed by atoms with E-state index in [-0.39, 0.29) is 6.10 Å². The second-order valence-corrected chi connectivity index (χ2v) is 6.89. The first-order valence-corrected chi connectivity index (χ1v) is 9.30. The van der Waals surface area contributed by atoms with Crippen LogP contribution in [0.25, 0.3) is 10.8 Å². The lowest BCUT2D eigenvalue weighted by molar-refractivity contribution is -0.0633. The third kappa shape index (κ3) is 3.90. The average molecular weight is 348 g/mol. The molecular formula is C23H24O3. The van der Waals surface area contributed by atoms with Gasteiger partial charge in [0.05, 0.1) is 6.10 Å². The van der Waals surface area contributed by atoms with Crippen molar-refractivity contribution in [2.45, 2.75) is 38.1 Å². The molecule has 1 saturated heterocycles. The van der Waals surface area contributed by atoms with Gasteiger partial charge < -0.3 is 14.6 Å². The Bertz CT molecular complexity index is 868. The van der Waals surface area contributed by atoms with E-state index in [0.29, 0.717) is 6.61 Å². The van der Waals surface area contributed by atoms with Gasteiger partial charge in [0.1, 0.15) is 18.5 Å². The van der Waals surface area contributed by atoms with E-state index < -0.39 is 6.10 Å². The fourth-order valence-electron chi connectivity index (χ4n) is 3.51. The smallest absolute Gasteiger partial charge is 0.120 e. The van der Waals surface area contributed by atoms with E-state index in [1.54, 1.807) is 0 Å². The zero-order valence-corrected chi connectivity index (χ0v) is 14.8. The van der Waals surface area contributed by atoms with Crippen LogP contribution in [0.5, 0.6) is 5.75 Å². The van der Waals surface area contributed by atoms with Crippen molar-refractivity contribution in [3.05, 3.63) is 77.9 Å². The SMILES string of the molecule is OC(c1cccc(OCc2ccc3ccccc3c2)c1)C1CCCCO1. The van der Waals surface area contributed by atoms with Gasteiger partial charge in [-0.1, -0.05) is 48.5 Å². The van der Waals surface area contributed by atoms with Gasteiger partial charge in [-0.25, -0.2) is 0 Å². The molecule has 0 spiro atoms. The van der Waals surface area contributed by atoms with Crippen molar-refractivity contribution in [1.29, 1.82) is 0 Å². The fourth-order valence-corrected chi connectivity index (χ4v) is 3.51. The highest BCUT2D eigenvalue weighted by Crippen LogP contribution is 2.28. The minimum absolute atomic E-state index is 0.112. The van der Waals surface area contributed by atoms with Crippen LogP contribution in [0, 0.1) is 0 Å². The van der Waals surface area contributed by atoms with Crippen molar-refractivity contribution in [3.63, 3.8) is 0 Å². The Kier molecular flexibility index (Phi) is 5.19. The van der Waals surface area contributed by atoms with E-state index in [0.717, 1.165) is 42.7 Å². The Labute approximate surface area is 154 Å². The Morgan fingerprint density at radius 2 is 1.85 bits per heavy atom. The molecule has 0 saturated carbocycles. The van der Waals surface area contributed by atoms with Crippen molar-refractivity contribution in [2.24, 2.45) is 0 Å². The summed E-state index contributed by atoms with van der Waals surface area (Å²) in [4.78, 5) is 0. The number of fused-ring (bicyclic) bond motifs is 1. The van der Waals surface area contributed by atoms with E-state index in [2.05, 4.69) is 30.3 Å². The molecule has 3 heteroatoms. The summed E-state index contributed by atoms with van der Waals surface area (Å²) in [5, 5.41) is 13.0. The molecule has 134 valence electrons. The molecule has 1 aliphatic heterocycles. The number of hydrogen-bond donors (Lipinski definition) is 1. The molecule has 0 radical (unpaired) electrons. The summed E-state index contributed by atoms with van der Waals surface area (Å²) in [6, 6.07) is 22.4. The minimum atomic E-state index is -0.598. The van der Waals surface area contributed by atoms with Crippen LogP contribution in [-0.2, 0) is 11.3 Å². The monoisotopic (exact) mass is 348 g/mol. The van der Waals surface area contributed by atoms with Crippen LogP contribution in [-0.4, -0.2) is 17.8 Å². The van der Waals surface area contributed by atoms with Crippen LogP contribution >= 0.6 is 0 Å². The van der Waals surface area contributed by atoms with Gasteiger partial charge in [0.25, 0.3) is 0 Å². The van der Waals surface area contributed by atoms with Crippen molar-refractivity contribution >= 4 is 10.8 Å². The van der Waals surface area contributed by atoms with E-state index in [1.165, 1.54) is 10.8 Å². The summed E-state index contributed by atoms with van der Waals surface area (Å²) < 4.78 is 11.7. The lowest BCUT2D eigenvalue weighted by Gasteiger charge is -2.27. The van der Waals surface area contributed by atoms with Crippen LogP contribution in [0.15, 0.2) is 66.7 Å². The number of rotatable bonds is 5. The molecule has 1 N–H and O–H groups in total. The standard InChI is InChI=1S/C23H24O3/c24-23(22-10-3-4-13-25-22)20-8-5-9-21(15-20)26-16-17-11-12-18-6-1-2-7-19(18)14-17/h1-2,5-9,11-12,14-15,22-24H,3-4,10,13,16H2. The summed E-state index contributed by atoms with van der Waals surface area (Å²) in [6.45, 7) is 1.24. The number of aliphatic hydroxyl groups excluding tert-OH is 1. The number of aliphatic hydroxyl groups is 1. The molecule has 0 bridgehead atoms. The lowest BCUT2D eigenvalue weighted by Crippen LogP contribution is -2.26. The van der Waals surface area contributed by atoms with E-state index in [1.807, 2.05) is 36.4 Å². The Balaban J connectivity index is 1.44. The van der Waals surface area contributed by atoms with Crippen LogP contribution < -0.4 is 4.74 Å². The zero-order valence-electron chi connectivity index (χ0n) is 14.8. The van der Waals surface area contributed by atoms with E-state index in [4.69, 9.17) is 9.47 Å². The summed E-state index contributed by atoms with van der Waals surface area (Å²) in [5.74, 6) is 0.769. The first-order chi connectivity index (χ1) is 12.8. The Morgan fingerprint density at radius 1 is 0.962 bits per heavy atom. The van der Waals surface area contributed by atoms with E-state index in [9.17, 15) is 5.11 Å². The Morgan fingerprint density at radius 3 is 2.69 bits per heavy atom. The summed E-state index contributed by atoms with van der Waals surface area (Å²) in [5.41, 5.74) is 1.98. The quantitative estimate of drug-likeness (QED) is 0.703. The largest absolute Gasteiger partial charge is 0.489 e. The third-order valence-corrected chi connectivity index (χ3v) is 4.99. The normalized spacial score (nSPS) is 18.6. The maximum atomic E-state index is 10.6. The highest BCUT2D eigenvalue weighted by atomic mass is 16.5. The van der Waals surface area contributed by atoms with Crippen molar-refractivity contribution in [2.75, 3.05) is 6.61 Å². The van der Waals surface area contributed by atoms with Crippen molar-refractivity contribution in [3.8, 4) is 5.75 Å².